The van der Waals surface area contributed by atoms with E-state index in [0.717, 1.165) is 25.7 Å². The van der Waals surface area contributed by atoms with Gasteiger partial charge >= 0.3 is 0 Å². The van der Waals surface area contributed by atoms with Crippen molar-refractivity contribution >= 4 is 0 Å². The van der Waals surface area contributed by atoms with Crippen LogP contribution in [0.4, 0.5) is 0 Å². The van der Waals surface area contributed by atoms with Gasteiger partial charge in [-0.25, -0.2) is 0 Å². The molecule has 1 saturated heterocycles. The van der Waals surface area contributed by atoms with E-state index in [0.29, 0.717) is 5.92 Å². The van der Waals surface area contributed by atoms with Gasteiger partial charge < -0.3 is 9.84 Å². The van der Waals surface area contributed by atoms with E-state index < -0.39 is 5.79 Å². The summed E-state index contributed by atoms with van der Waals surface area (Å²) in [5, 5.41) is 10.7. The third kappa shape index (κ3) is 1.36. The highest BCUT2D eigenvalue weighted by molar-refractivity contribution is 5.36. The fourth-order valence-corrected chi connectivity index (χ4v) is 4.43. The first-order chi connectivity index (χ1) is 8.72. The smallest absolute Gasteiger partial charge is 0.167 e. The van der Waals surface area contributed by atoms with E-state index in [2.05, 4.69) is 24.3 Å². The molecule has 3 atom stereocenters. The minimum atomic E-state index is -0.867. The molecule has 18 heavy (non-hydrogen) atoms. The van der Waals surface area contributed by atoms with Crippen molar-refractivity contribution in [3.63, 3.8) is 0 Å². The van der Waals surface area contributed by atoms with Crippen LogP contribution >= 0.6 is 0 Å². The molecule has 2 heterocycles. The molecule has 1 saturated carbocycles. The summed E-state index contributed by atoms with van der Waals surface area (Å²) in [5.41, 5.74) is 2.57. The molecule has 1 spiro atoms. The van der Waals surface area contributed by atoms with Crippen LogP contribution in [0.25, 0.3) is 0 Å². The Labute approximate surface area is 108 Å². The molecule has 0 radical (unpaired) electrons. The Morgan fingerprint density at radius 2 is 2.06 bits per heavy atom. The molecule has 2 bridgehead atoms. The molecule has 1 aromatic rings. The van der Waals surface area contributed by atoms with Gasteiger partial charge in [0.25, 0.3) is 0 Å². The lowest BCUT2D eigenvalue weighted by Gasteiger charge is -2.39. The van der Waals surface area contributed by atoms with Gasteiger partial charge in [0.15, 0.2) is 5.79 Å². The lowest BCUT2D eigenvalue weighted by atomic mass is 9.69. The van der Waals surface area contributed by atoms with E-state index in [9.17, 15) is 5.11 Å². The molecule has 1 aromatic carbocycles. The van der Waals surface area contributed by atoms with Crippen molar-refractivity contribution in [3.8, 4) is 0 Å². The molecular formula is C16H20O2. The number of fused-ring (bicyclic) bond motifs is 2. The summed E-state index contributed by atoms with van der Waals surface area (Å²) in [7, 11) is 0. The molecule has 2 fully saturated rings. The summed E-state index contributed by atoms with van der Waals surface area (Å²) in [6, 6.07) is 8.66. The molecule has 0 amide bonds. The highest BCUT2D eigenvalue weighted by Crippen LogP contribution is 2.58. The number of ether oxygens (including phenoxy) is 1. The van der Waals surface area contributed by atoms with Crippen molar-refractivity contribution < 1.29 is 9.84 Å². The number of hydrogen-bond acceptors (Lipinski definition) is 2. The largest absolute Gasteiger partial charge is 0.365 e. The monoisotopic (exact) mass is 244 g/mol. The first-order valence-electron chi connectivity index (χ1n) is 7.23. The Balaban J connectivity index is 1.91. The van der Waals surface area contributed by atoms with Gasteiger partial charge in [-0.15, -0.1) is 0 Å². The van der Waals surface area contributed by atoms with E-state index in [1.165, 1.54) is 30.4 Å². The SMILES string of the molecule is O[C@]12CCc3ccccc3[C@@]3(CCCC[C@H]3C1)O2. The highest BCUT2D eigenvalue weighted by Gasteiger charge is 2.58. The van der Waals surface area contributed by atoms with Crippen molar-refractivity contribution in [2.24, 2.45) is 5.92 Å². The zero-order valence-electron chi connectivity index (χ0n) is 10.7. The van der Waals surface area contributed by atoms with Gasteiger partial charge in [0, 0.05) is 12.8 Å². The van der Waals surface area contributed by atoms with Gasteiger partial charge in [-0.3, -0.25) is 0 Å². The van der Waals surface area contributed by atoms with Crippen LogP contribution in [0, 0.1) is 5.92 Å². The Morgan fingerprint density at radius 3 is 3.00 bits per heavy atom. The summed E-state index contributed by atoms with van der Waals surface area (Å²) in [4.78, 5) is 0. The maximum atomic E-state index is 10.7. The molecule has 2 nitrogen and oxygen atoms in total. The van der Waals surface area contributed by atoms with Crippen LogP contribution in [0.15, 0.2) is 24.3 Å². The predicted octanol–water partition coefficient (Wildman–Crippen LogP) is 3.13. The molecule has 2 heteroatoms. The molecule has 4 rings (SSSR count). The van der Waals surface area contributed by atoms with Gasteiger partial charge in [-0.2, -0.15) is 0 Å². The Bertz CT molecular complexity index is 484. The zero-order valence-corrected chi connectivity index (χ0v) is 10.7. The van der Waals surface area contributed by atoms with Crippen LogP contribution < -0.4 is 0 Å². The van der Waals surface area contributed by atoms with E-state index in [-0.39, 0.29) is 5.60 Å². The Hall–Kier alpha value is -0.860. The van der Waals surface area contributed by atoms with Gasteiger partial charge in [0.1, 0.15) is 0 Å². The van der Waals surface area contributed by atoms with Crippen molar-refractivity contribution in [1.82, 2.24) is 0 Å². The molecular weight excluding hydrogens is 224 g/mol. The molecule has 2 aliphatic heterocycles. The standard InChI is InChI=1S/C16H20O2/c17-15-10-8-12-5-1-2-7-14(12)16(18-15)9-4-3-6-13(16)11-15/h1-2,5,7,13,17H,3-4,6,8-11H2/t13-,15-,16-/m0/s1. The van der Waals surface area contributed by atoms with E-state index in [1.54, 1.807) is 0 Å². The number of hydrogen-bond donors (Lipinski definition) is 1. The predicted molar refractivity (Wildman–Crippen MR) is 69.1 cm³/mol. The number of aliphatic hydroxyl groups is 1. The van der Waals surface area contributed by atoms with Crippen LogP contribution in [-0.2, 0) is 16.8 Å². The molecule has 96 valence electrons. The number of benzene rings is 1. The molecule has 0 aromatic heterocycles. The van der Waals surface area contributed by atoms with Crippen molar-refractivity contribution in [2.45, 2.75) is 56.3 Å². The fourth-order valence-electron chi connectivity index (χ4n) is 4.43. The quantitative estimate of drug-likeness (QED) is 0.759. The third-order valence-corrected chi connectivity index (χ3v) is 5.21. The molecule has 0 unspecified atom stereocenters. The van der Waals surface area contributed by atoms with E-state index in [4.69, 9.17) is 4.74 Å². The normalized spacial score (nSPS) is 41.9. The Kier molecular flexibility index (Phi) is 2.19. The number of aryl methyl sites for hydroxylation is 1. The first kappa shape index (κ1) is 11.0. The van der Waals surface area contributed by atoms with Crippen LogP contribution in [0.1, 0.15) is 49.7 Å². The first-order valence-corrected chi connectivity index (χ1v) is 7.23. The average molecular weight is 244 g/mol. The van der Waals surface area contributed by atoms with Crippen molar-refractivity contribution in [1.29, 1.82) is 0 Å². The molecule has 3 aliphatic rings. The van der Waals surface area contributed by atoms with Crippen molar-refractivity contribution in [3.05, 3.63) is 35.4 Å². The zero-order chi connectivity index (χ0) is 12.2. The highest BCUT2D eigenvalue weighted by atomic mass is 16.6. The second kappa shape index (κ2) is 3.58. The van der Waals surface area contributed by atoms with Gasteiger partial charge in [-0.1, -0.05) is 37.1 Å². The average Bonchev–Trinajstić information content (AvgIpc) is 2.63. The second-order valence-electron chi connectivity index (χ2n) is 6.24. The lowest BCUT2D eigenvalue weighted by Crippen LogP contribution is -2.37. The van der Waals surface area contributed by atoms with Gasteiger partial charge in [-0.05, 0) is 36.3 Å². The van der Waals surface area contributed by atoms with Crippen LogP contribution in [-0.4, -0.2) is 10.9 Å². The summed E-state index contributed by atoms with van der Waals surface area (Å²) >= 11 is 0. The fraction of sp³-hybridized carbons (Fsp3) is 0.625. The minimum Gasteiger partial charge on any atom is -0.365 e. The van der Waals surface area contributed by atoms with Crippen LogP contribution in [0.5, 0.6) is 0 Å². The van der Waals surface area contributed by atoms with E-state index in [1.807, 2.05) is 0 Å². The summed E-state index contributed by atoms with van der Waals surface area (Å²) in [6.07, 6.45) is 7.33. The molecule has 1 aliphatic carbocycles. The summed E-state index contributed by atoms with van der Waals surface area (Å²) in [5.74, 6) is -0.355. The Morgan fingerprint density at radius 1 is 1.17 bits per heavy atom. The van der Waals surface area contributed by atoms with Gasteiger partial charge in [0.2, 0.25) is 0 Å². The molecule has 1 N–H and O–H groups in total. The summed E-state index contributed by atoms with van der Waals surface area (Å²) < 4.78 is 6.28. The third-order valence-electron chi connectivity index (χ3n) is 5.21. The summed E-state index contributed by atoms with van der Waals surface area (Å²) in [6.45, 7) is 0. The maximum Gasteiger partial charge on any atom is 0.167 e. The topological polar surface area (TPSA) is 29.5 Å². The second-order valence-corrected chi connectivity index (χ2v) is 6.24. The lowest BCUT2D eigenvalue weighted by molar-refractivity contribution is -0.233. The van der Waals surface area contributed by atoms with E-state index >= 15 is 0 Å². The number of rotatable bonds is 0. The minimum absolute atomic E-state index is 0.180. The van der Waals surface area contributed by atoms with Gasteiger partial charge in [0.05, 0.1) is 5.60 Å². The maximum absolute atomic E-state index is 10.7. The van der Waals surface area contributed by atoms with Crippen molar-refractivity contribution in [2.75, 3.05) is 0 Å². The van der Waals surface area contributed by atoms with Crippen LogP contribution in [0.2, 0.25) is 0 Å². The van der Waals surface area contributed by atoms with Crippen LogP contribution in [0.3, 0.4) is 0 Å².